The smallest absolute Gasteiger partial charge is 0.332 e. The molecule has 110 valence electrons. The Morgan fingerprint density at radius 1 is 1.50 bits per heavy atom. The summed E-state index contributed by atoms with van der Waals surface area (Å²) in [6.45, 7) is 4.28. The molecule has 2 atom stereocenters. The molecule has 0 radical (unpaired) electrons. The first-order valence-electron chi connectivity index (χ1n) is 6.62. The van der Waals surface area contributed by atoms with Crippen LogP contribution in [-0.4, -0.2) is 40.7 Å². The molecular formula is C12H19N5O3. The third-order valence-electron chi connectivity index (χ3n) is 3.35. The van der Waals surface area contributed by atoms with Gasteiger partial charge in [-0.2, -0.15) is 4.98 Å². The normalized spacial score (nSPS) is 19.6. The molecular weight excluding hydrogens is 262 g/mol. The lowest BCUT2D eigenvalue weighted by atomic mass is 10.1. The summed E-state index contributed by atoms with van der Waals surface area (Å²) >= 11 is 0. The number of ether oxygens (including phenoxy) is 1. The van der Waals surface area contributed by atoms with E-state index >= 15 is 0 Å². The number of nitrogens with one attached hydrogen (secondary N) is 2. The number of nitrogens with zero attached hydrogens (tertiary/aromatic N) is 3. The highest BCUT2D eigenvalue weighted by molar-refractivity contribution is 5.61. The number of aromatic nitrogens is 2. The molecule has 1 saturated heterocycles. The van der Waals surface area contributed by atoms with Crippen LogP contribution in [0.5, 0.6) is 0 Å². The van der Waals surface area contributed by atoms with E-state index in [0.717, 1.165) is 19.4 Å². The molecule has 0 aliphatic carbocycles. The summed E-state index contributed by atoms with van der Waals surface area (Å²) in [5.41, 5.74) is 0.241. The van der Waals surface area contributed by atoms with Gasteiger partial charge in [0.2, 0.25) is 11.8 Å². The topological polar surface area (TPSA) is 102 Å². The van der Waals surface area contributed by atoms with E-state index in [4.69, 9.17) is 4.74 Å². The summed E-state index contributed by atoms with van der Waals surface area (Å²) in [6, 6.07) is -0.0461. The number of nitro groups is 1. The van der Waals surface area contributed by atoms with Crippen molar-refractivity contribution in [3.05, 3.63) is 15.8 Å². The molecule has 0 amide bonds. The lowest BCUT2D eigenvalue weighted by Crippen LogP contribution is -2.31. The van der Waals surface area contributed by atoms with Gasteiger partial charge in [0.05, 0.1) is 17.1 Å². The van der Waals surface area contributed by atoms with Crippen molar-refractivity contribution >= 4 is 17.5 Å². The number of anilines is 2. The lowest BCUT2D eigenvalue weighted by molar-refractivity contribution is -0.385. The van der Waals surface area contributed by atoms with Crippen LogP contribution in [0.25, 0.3) is 0 Å². The quantitative estimate of drug-likeness (QED) is 0.625. The lowest BCUT2D eigenvalue weighted by Gasteiger charge is -2.20. The summed E-state index contributed by atoms with van der Waals surface area (Å²) in [6.07, 6.45) is 2.02. The van der Waals surface area contributed by atoms with Gasteiger partial charge < -0.3 is 15.4 Å². The van der Waals surface area contributed by atoms with Crippen LogP contribution in [-0.2, 0) is 4.74 Å². The molecule has 2 N–H and O–H groups in total. The summed E-state index contributed by atoms with van der Waals surface area (Å²) in [5.74, 6) is 0.588. The maximum absolute atomic E-state index is 11.2. The Kier molecular flexibility index (Phi) is 4.33. The Morgan fingerprint density at radius 2 is 2.25 bits per heavy atom. The van der Waals surface area contributed by atoms with Crippen molar-refractivity contribution in [2.75, 3.05) is 24.3 Å². The molecule has 1 aliphatic rings. The van der Waals surface area contributed by atoms with Crippen molar-refractivity contribution in [2.24, 2.45) is 0 Å². The fraction of sp³-hybridized carbons (Fsp3) is 0.667. The first-order chi connectivity index (χ1) is 9.52. The molecule has 0 bridgehead atoms. The number of hydrogen-bond acceptors (Lipinski definition) is 7. The predicted molar refractivity (Wildman–Crippen MR) is 75.0 cm³/mol. The average molecular weight is 281 g/mol. The van der Waals surface area contributed by atoms with Crippen LogP contribution >= 0.6 is 0 Å². The molecule has 8 heteroatoms. The fourth-order valence-corrected chi connectivity index (χ4v) is 2.30. The third kappa shape index (κ3) is 2.96. The Morgan fingerprint density at radius 3 is 2.80 bits per heavy atom. The standard InChI is InChI=1S/C12H19N5O3/c1-7(9-5-4-6-20-9)14-11-10(17(18)19)8(2)15-12(13-3)16-11/h7,9H,4-6H2,1-3H3,(H2,13,14,15,16). The van der Waals surface area contributed by atoms with Gasteiger partial charge in [0.25, 0.3) is 0 Å². The van der Waals surface area contributed by atoms with Gasteiger partial charge in [-0.1, -0.05) is 0 Å². The van der Waals surface area contributed by atoms with Crippen molar-refractivity contribution < 1.29 is 9.66 Å². The van der Waals surface area contributed by atoms with Crippen LogP contribution in [0.15, 0.2) is 0 Å². The minimum atomic E-state index is -0.459. The van der Waals surface area contributed by atoms with Crippen LogP contribution in [0.1, 0.15) is 25.5 Å². The summed E-state index contributed by atoms with van der Waals surface area (Å²) in [5, 5.41) is 17.1. The van der Waals surface area contributed by atoms with Gasteiger partial charge in [-0.25, -0.2) is 4.98 Å². The number of hydrogen-bond donors (Lipinski definition) is 2. The number of aryl methyl sites for hydroxylation is 1. The molecule has 1 aromatic heterocycles. The molecule has 1 fully saturated rings. The first kappa shape index (κ1) is 14.4. The molecule has 2 unspecified atom stereocenters. The molecule has 0 spiro atoms. The minimum Gasteiger partial charge on any atom is -0.376 e. The molecule has 1 aromatic rings. The minimum absolute atomic E-state index is 0.0461. The third-order valence-corrected chi connectivity index (χ3v) is 3.35. The second-order valence-corrected chi connectivity index (χ2v) is 4.82. The van der Waals surface area contributed by atoms with E-state index in [9.17, 15) is 10.1 Å². The van der Waals surface area contributed by atoms with Gasteiger partial charge in [-0.05, 0) is 26.7 Å². The fourth-order valence-electron chi connectivity index (χ4n) is 2.30. The van der Waals surface area contributed by atoms with Crippen molar-refractivity contribution in [3.8, 4) is 0 Å². The van der Waals surface area contributed by atoms with Crippen LogP contribution < -0.4 is 10.6 Å². The van der Waals surface area contributed by atoms with Crippen LogP contribution in [0.3, 0.4) is 0 Å². The maximum Gasteiger partial charge on any atom is 0.332 e. The van der Waals surface area contributed by atoms with E-state index in [1.807, 2.05) is 6.92 Å². The predicted octanol–water partition coefficient (Wildman–Crippen LogP) is 1.71. The Labute approximate surface area is 117 Å². The molecule has 8 nitrogen and oxygen atoms in total. The maximum atomic E-state index is 11.2. The van der Waals surface area contributed by atoms with Crippen LogP contribution in [0.2, 0.25) is 0 Å². The Balaban J connectivity index is 2.28. The highest BCUT2D eigenvalue weighted by Crippen LogP contribution is 2.28. The van der Waals surface area contributed by atoms with Crippen molar-refractivity contribution in [3.63, 3.8) is 0 Å². The summed E-state index contributed by atoms with van der Waals surface area (Å²) in [7, 11) is 1.67. The van der Waals surface area contributed by atoms with Gasteiger partial charge in [0.1, 0.15) is 5.69 Å². The number of rotatable bonds is 5. The van der Waals surface area contributed by atoms with Crippen LogP contribution in [0, 0.1) is 17.0 Å². The molecule has 0 aromatic carbocycles. The van der Waals surface area contributed by atoms with Gasteiger partial charge in [-0.3, -0.25) is 10.1 Å². The zero-order chi connectivity index (χ0) is 14.7. The Bertz CT molecular complexity index is 502. The molecule has 2 rings (SSSR count). The molecule has 1 aliphatic heterocycles. The van der Waals surface area contributed by atoms with Gasteiger partial charge >= 0.3 is 5.69 Å². The summed E-state index contributed by atoms with van der Waals surface area (Å²) in [4.78, 5) is 18.9. The van der Waals surface area contributed by atoms with Gasteiger partial charge in [0.15, 0.2) is 0 Å². The summed E-state index contributed by atoms with van der Waals surface area (Å²) < 4.78 is 5.58. The highest BCUT2D eigenvalue weighted by atomic mass is 16.6. The van der Waals surface area contributed by atoms with E-state index < -0.39 is 4.92 Å². The molecule has 20 heavy (non-hydrogen) atoms. The highest BCUT2D eigenvalue weighted by Gasteiger charge is 2.27. The zero-order valence-corrected chi connectivity index (χ0v) is 11.8. The SMILES string of the molecule is CNc1nc(C)c([N+](=O)[O-])c(NC(C)C2CCCO2)n1. The monoisotopic (exact) mass is 281 g/mol. The molecule has 0 saturated carbocycles. The van der Waals surface area contributed by atoms with Crippen molar-refractivity contribution in [1.82, 2.24) is 9.97 Å². The zero-order valence-electron chi connectivity index (χ0n) is 11.8. The van der Waals surface area contributed by atoms with Gasteiger partial charge in [-0.15, -0.1) is 0 Å². The average Bonchev–Trinajstić information content (AvgIpc) is 2.91. The van der Waals surface area contributed by atoms with E-state index in [2.05, 4.69) is 20.6 Å². The first-order valence-corrected chi connectivity index (χ1v) is 6.62. The second kappa shape index (κ2) is 6.00. The van der Waals surface area contributed by atoms with E-state index in [1.165, 1.54) is 0 Å². The molecule has 2 heterocycles. The van der Waals surface area contributed by atoms with E-state index in [-0.39, 0.29) is 23.7 Å². The van der Waals surface area contributed by atoms with Crippen molar-refractivity contribution in [2.45, 2.75) is 38.8 Å². The Hall–Kier alpha value is -1.96. The second-order valence-electron chi connectivity index (χ2n) is 4.82. The van der Waals surface area contributed by atoms with E-state index in [1.54, 1.807) is 14.0 Å². The van der Waals surface area contributed by atoms with Crippen molar-refractivity contribution in [1.29, 1.82) is 0 Å². The largest absolute Gasteiger partial charge is 0.376 e. The van der Waals surface area contributed by atoms with Crippen LogP contribution in [0.4, 0.5) is 17.5 Å². The van der Waals surface area contributed by atoms with E-state index in [0.29, 0.717) is 11.6 Å². The van der Waals surface area contributed by atoms with Gasteiger partial charge in [0, 0.05) is 13.7 Å².